The van der Waals surface area contributed by atoms with Gasteiger partial charge in [-0.1, -0.05) is 0 Å². The van der Waals surface area contributed by atoms with Gasteiger partial charge in [0.15, 0.2) is 5.11 Å². The van der Waals surface area contributed by atoms with E-state index in [1.54, 1.807) is 56.7 Å². The van der Waals surface area contributed by atoms with Crippen LogP contribution in [0.15, 0.2) is 47.4 Å². The molecule has 0 saturated carbocycles. The zero-order valence-corrected chi connectivity index (χ0v) is 17.4. The van der Waals surface area contributed by atoms with Gasteiger partial charge < -0.3 is 20.1 Å². The second kappa shape index (κ2) is 8.76. The lowest BCUT2D eigenvalue weighted by Crippen LogP contribution is -2.27. The van der Waals surface area contributed by atoms with Gasteiger partial charge in [0.05, 0.1) is 24.8 Å². The van der Waals surface area contributed by atoms with E-state index in [2.05, 4.69) is 10.6 Å². The van der Waals surface area contributed by atoms with Gasteiger partial charge in [0.2, 0.25) is 10.0 Å². The highest BCUT2D eigenvalue weighted by Crippen LogP contribution is 2.29. The van der Waals surface area contributed by atoms with Crippen LogP contribution in [0.2, 0.25) is 0 Å². The maximum Gasteiger partial charge on any atom is 0.243 e. The number of hydrogen-bond acceptors (Lipinski definition) is 5. The molecule has 1 fully saturated rings. The van der Waals surface area contributed by atoms with Gasteiger partial charge in [-0.2, -0.15) is 4.31 Å². The highest BCUT2D eigenvalue weighted by Gasteiger charge is 2.26. The van der Waals surface area contributed by atoms with Crippen molar-refractivity contribution in [3.05, 3.63) is 42.5 Å². The Morgan fingerprint density at radius 1 is 1.00 bits per heavy atom. The maximum atomic E-state index is 12.6. The fourth-order valence-corrected chi connectivity index (χ4v) is 4.73. The monoisotopic (exact) mass is 421 g/mol. The van der Waals surface area contributed by atoms with E-state index in [4.69, 9.17) is 21.7 Å². The summed E-state index contributed by atoms with van der Waals surface area (Å²) in [5, 5.41) is 6.45. The summed E-state index contributed by atoms with van der Waals surface area (Å²) in [5.41, 5.74) is 1.34. The highest BCUT2D eigenvalue weighted by molar-refractivity contribution is 7.89. The summed E-state index contributed by atoms with van der Waals surface area (Å²) in [5.74, 6) is 1.29. The van der Waals surface area contributed by atoms with Crippen molar-refractivity contribution in [1.82, 2.24) is 4.31 Å². The van der Waals surface area contributed by atoms with E-state index in [1.807, 2.05) is 0 Å². The molecule has 0 unspecified atom stereocenters. The van der Waals surface area contributed by atoms with Crippen LogP contribution in [0.3, 0.4) is 0 Å². The molecule has 1 saturated heterocycles. The number of ether oxygens (including phenoxy) is 2. The van der Waals surface area contributed by atoms with Gasteiger partial charge in [-0.05, 0) is 61.5 Å². The number of hydrogen-bond donors (Lipinski definition) is 2. The Labute approximate surface area is 170 Å². The molecule has 1 aliphatic rings. The minimum Gasteiger partial charge on any atom is -0.497 e. The molecule has 2 N–H and O–H groups in total. The van der Waals surface area contributed by atoms with E-state index in [1.165, 1.54) is 4.31 Å². The van der Waals surface area contributed by atoms with E-state index < -0.39 is 10.0 Å². The predicted octanol–water partition coefficient (Wildman–Crippen LogP) is 3.30. The van der Waals surface area contributed by atoms with E-state index in [-0.39, 0.29) is 4.90 Å². The van der Waals surface area contributed by atoms with Crippen molar-refractivity contribution < 1.29 is 17.9 Å². The van der Waals surface area contributed by atoms with Gasteiger partial charge in [-0.25, -0.2) is 8.42 Å². The number of nitrogens with zero attached hydrogens (tertiary/aromatic N) is 1. The molecule has 0 bridgehead atoms. The second-order valence-corrected chi connectivity index (χ2v) is 8.63. The molecule has 2 aromatic rings. The van der Waals surface area contributed by atoms with Gasteiger partial charge >= 0.3 is 0 Å². The summed E-state index contributed by atoms with van der Waals surface area (Å²) >= 11 is 5.35. The van der Waals surface area contributed by atoms with E-state index in [0.717, 1.165) is 12.8 Å². The summed E-state index contributed by atoms with van der Waals surface area (Å²) in [6, 6.07) is 11.9. The van der Waals surface area contributed by atoms with Crippen molar-refractivity contribution in [2.75, 3.05) is 37.9 Å². The molecular formula is C19H23N3O4S2. The van der Waals surface area contributed by atoms with E-state index in [9.17, 15) is 8.42 Å². The molecule has 28 heavy (non-hydrogen) atoms. The second-order valence-electron chi connectivity index (χ2n) is 6.28. The molecule has 0 radical (unpaired) electrons. The summed E-state index contributed by atoms with van der Waals surface area (Å²) in [7, 11) is -0.267. The van der Waals surface area contributed by atoms with Gasteiger partial charge in [0, 0.05) is 24.8 Å². The van der Waals surface area contributed by atoms with Crippen LogP contribution in [0.1, 0.15) is 12.8 Å². The maximum absolute atomic E-state index is 12.6. The zero-order chi connectivity index (χ0) is 20.1. The van der Waals surface area contributed by atoms with Crippen LogP contribution in [-0.4, -0.2) is 45.1 Å². The van der Waals surface area contributed by atoms with Crippen LogP contribution in [0.25, 0.3) is 0 Å². The van der Waals surface area contributed by atoms with Crippen molar-refractivity contribution in [3.63, 3.8) is 0 Å². The third kappa shape index (κ3) is 4.54. The number of thiocarbonyl (C=S) groups is 1. The number of anilines is 2. The molecular weight excluding hydrogens is 398 g/mol. The molecule has 1 aliphatic heterocycles. The summed E-state index contributed by atoms with van der Waals surface area (Å²) in [4.78, 5) is 0.285. The Bertz CT molecular complexity index is 940. The summed E-state index contributed by atoms with van der Waals surface area (Å²) in [6.07, 6.45) is 1.82. The van der Waals surface area contributed by atoms with Crippen LogP contribution in [0, 0.1) is 0 Å². The number of nitrogens with one attached hydrogen (secondary N) is 2. The van der Waals surface area contributed by atoms with Crippen molar-refractivity contribution in [3.8, 4) is 11.5 Å². The molecule has 1 heterocycles. The lowest BCUT2D eigenvalue weighted by atomic mass is 10.2. The molecule has 9 heteroatoms. The molecule has 0 aromatic heterocycles. The molecule has 0 aliphatic carbocycles. The van der Waals surface area contributed by atoms with Crippen molar-refractivity contribution >= 4 is 38.7 Å². The van der Waals surface area contributed by atoms with Gasteiger partial charge in [-0.15, -0.1) is 0 Å². The average Bonchev–Trinajstić information content (AvgIpc) is 3.24. The molecule has 150 valence electrons. The topological polar surface area (TPSA) is 79.9 Å². The first-order valence-corrected chi connectivity index (χ1v) is 10.7. The standard InChI is InChI=1S/C19H23N3O4S2/c1-25-15-7-10-18(26-2)17(13-15)21-19(27)20-14-5-8-16(9-6-14)28(23,24)22-11-3-4-12-22/h5-10,13H,3-4,11-12H2,1-2H3,(H2,20,21,27). The fraction of sp³-hybridized carbons (Fsp3) is 0.316. The number of benzene rings is 2. The minimum absolute atomic E-state index is 0.285. The zero-order valence-electron chi connectivity index (χ0n) is 15.8. The minimum atomic E-state index is -3.42. The van der Waals surface area contributed by atoms with Crippen LogP contribution in [-0.2, 0) is 10.0 Å². The Kier molecular flexibility index (Phi) is 6.38. The lowest BCUT2D eigenvalue weighted by Gasteiger charge is -2.16. The Balaban J connectivity index is 1.68. The first-order chi connectivity index (χ1) is 13.4. The molecule has 2 aromatic carbocycles. The van der Waals surface area contributed by atoms with Crippen LogP contribution in [0.5, 0.6) is 11.5 Å². The van der Waals surface area contributed by atoms with Gasteiger partial charge in [0.25, 0.3) is 0 Å². The third-order valence-corrected chi connectivity index (χ3v) is 6.59. The van der Waals surface area contributed by atoms with Gasteiger partial charge in [-0.3, -0.25) is 0 Å². The molecule has 0 spiro atoms. The lowest BCUT2D eigenvalue weighted by molar-refractivity contribution is 0.405. The number of sulfonamides is 1. The number of rotatable bonds is 6. The van der Waals surface area contributed by atoms with Crippen molar-refractivity contribution in [2.45, 2.75) is 17.7 Å². The smallest absolute Gasteiger partial charge is 0.243 e. The molecule has 3 rings (SSSR count). The Morgan fingerprint density at radius 2 is 1.68 bits per heavy atom. The first kappa shape index (κ1) is 20.4. The first-order valence-electron chi connectivity index (χ1n) is 8.84. The molecule has 0 amide bonds. The fourth-order valence-electron chi connectivity index (χ4n) is 2.98. The largest absolute Gasteiger partial charge is 0.497 e. The van der Waals surface area contributed by atoms with E-state index in [0.29, 0.717) is 41.1 Å². The quantitative estimate of drug-likeness (QED) is 0.693. The van der Waals surface area contributed by atoms with Crippen LogP contribution < -0.4 is 20.1 Å². The molecule has 7 nitrogen and oxygen atoms in total. The third-order valence-electron chi connectivity index (χ3n) is 4.47. The van der Waals surface area contributed by atoms with Crippen LogP contribution in [0.4, 0.5) is 11.4 Å². The Morgan fingerprint density at radius 3 is 2.29 bits per heavy atom. The predicted molar refractivity (Wildman–Crippen MR) is 114 cm³/mol. The van der Waals surface area contributed by atoms with Crippen molar-refractivity contribution in [1.29, 1.82) is 0 Å². The Hall–Kier alpha value is -2.36. The van der Waals surface area contributed by atoms with Gasteiger partial charge in [0.1, 0.15) is 11.5 Å². The SMILES string of the molecule is COc1ccc(OC)c(NC(=S)Nc2ccc(S(=O)(=O)N3CCCC3)cc2)c1. The van der Waals surface area contributed by atoms with Crippen LogP contribution >= 0.6 is 12.2 Å². The van der Waals surface area contributed by atoms with E-state index >= 15 is 0 Å². The summed E-state index contributed by atoms with van der Waals surface area (Å²) in [6.45, 7) is 1.16. The highest BCUT2D eigenvalue weighted by atomic mass is 32.2. The average molecular weight is 422 g/mol. The number of methoxy groups -OCH3 is 2. The molecule has 0 atom stereocenters. The van der Waals surface area contributed by atoms with Crippen molar-refractivity contribution in [2.24, 2.45) is 0 Å². The summed E-state index contributed by atoms with van der Waals surface area (Å²) < 4.78 is 37.2. The normalized spacial score (nSPS) is 14.5.